The van der Waals surface area contributed by atoms with Crippen molar-refractivity contribution in [3.8, 4) is 0 Å². The predicted molar refractivity (Wildman–Crippen MR) is 95.1 cm³/mol. The fraction of sp³-hybridized carbons (Fsp3) is 0.619. The SMILES string of the molecule is CC1=C(C2CCCC2)OC(C2CCCC2)N1c1ccccc1C. The summed E-state index contributed by atoms with van der Waals surface area (Å²) in [5.74, 6) is 2.65. The second-order valence-corrected chi connectivity index (χ2v) is 7.64. The van der Waals surface area contributed by atoms with Crippen LogP contribution in [0.25, 0.3) is 0 Å². The van der Waals surface area contributed by atoms with Crippen LogP contribution in [-0.2, 0) is 4.74 Å². The third-order valence-corrected chi connectivity index (χ3v) is 6.12. The summed E-state index contributed by atoms with van der Waals surface area (Å²) in [7, 11) is 0. The van der Waals surface area contributed by atoms with Crippen LogP contribution in [0.1, 0.15) is 63.9 Å². The second kappa shape index (κ2) is 6.22. The van der Waals surface area contributed by atoms with E-state index in [1.165, 1.54) is 74.1 Å². The summed E-state index contributed by atoms with van der Waals surface area (Å²) in [5.41, 5.74) is 4.07. The Morgan fingerprint density at radius 2 is 1.57 bits per heavy atom. The van der Waals surface area contributed by atoms with E-state index in [-0.39, 0.29) is 6.23 Å². The summed E-state index contributed by atoms with van der Waals surface area (Å²) in [6.07, 6.45) is 10.9. The number of nitrogens with zero attached hydrogens (tertiary/aromatic N) is 1. The van der Waals surface area contributed by atoms with E-state index in [1.807, 2.05) is 0 Å². The highest BCUT2D eigenvalue weighted by molar-refractivity contribution is 5.59. The van der Waals surface area contributed by atoms with Crippen molar-refractivity contribution in [2.45, 2.75) is 71.4 Å². The van der Waals surface area contributed by atoms with Crippen molar-refractivity contribution < 1.29 is 4.74 Å². The molecule has 0 amide bonds. The first-order chi connectivity index (χ1) is 11.3. The van der Waals surface area contributed by atoms with Crippen LogP contribution in [-0.4, -0.2) is 6.23 Å². The smallest absolute Gasteiger partial charge is 0.178 e. The van der Waals surface area contributed by atoms with E-state index < -0.39 is 0 Å². The summed E-state index contributed by atoms with van der Waals surface area (Å²) in [4.78, 5) is 2.53. The summed E-state index contributed by atoms with van der Waals surface area (Å²) < 4.78 is 6.67. The van der Waals surface area contributed by atoms with Gasteiger partial charge in [-0.15, -0.1) is 0 Å². The zero-order valence-corrected chi connectivity index (χ0v) is 14.6. The maximum atomic E-state index is 6.67. The van der Waals surface area contributed by atoms with Crippen LogP contribution in [0.4, 0.5) is 5.69 Å². The van der Waals surface area contributed by atoms with E-state index >= 15 is 0 Å². The fourth-order valence-corrected chi connectivity index (χ4v) is 4.86. The second-order valence-electron chi connectivity index (χ2n) is 7.64. The molecule has 124 valence electrons. The average molecular weight is 311 g/mol. The normalized spacial score (nSPS) is 26.3. The standard InChI is InChI=1S/C21H29NO/c1-15-9-3-8-14-19(15)22-16(2)20(17-10-4-5-11-17)23-21(22)18-12-6-7-13-18/h3,8-9,14,17-18,21H,4-7,10-13H2,1-2H3. The number of hydrogen-bond donors (Lipinski definition) is 0. The summed E-state index contributed by atoms with van der Waals surface area (Å²) in [6.45, 7) is 4.51. The molecule has 0 bridgehead atoms. The lowest BCUT2D eigenvalue weighted by Gasteiger charge is -2.32. The summed E-state index contributed by atoms with van der Waals surface area (Å²) in [6, 6.07) is 8.79. The molecule has 1 aromatic rings. The minimum atomic E-state index is 0.231. The Balaban J connectivity index is 1.71. The van der Waals surface area contributed by atoms with Crippen molar-refractivity contribution in [1.29, 1.82) is 0 Å². The van der Waals surface area contributed by atoms with Gasteiger partial charge in [0.1, 0.15) is 5.76 Å². The molecule has 0 N–H and O–H groups in total. The zero-order valence-electron chi connectivity index (χ0n) is 14.6. The van der Waals surface area contributed by atoms with Gasteiger partial charge < -0.3 is 9.64 Å². The van der Waals surface area contributed by atoms with Gasteiger partial charge in [-0.3, -0.25) is 0 Å². The van der Waals surface area contributed by atoms with Gasteiger partial charge in [-0.05, 0) is 51.2 Å². The van der Waals surface area contributed by atoms with Crippen molar-refractivity contribution >= 4 is 5.69 Å². The third-order valence-electron chi connectivity index (χ3n) is 6.12. The minimum absolute atomic E-state index is 0.231. The molecule has 0 saturated heterocycles. The number of benzene rings is 1. The van der Waals surface area contributed by atoms with Crippen molar-refractivity contribution in [3.63, 3.8) is 0 Å². The molecule has 2 fully saturated rings. The van der Waals surface area contributed by atoms with Gasteiger partial charge >= 0.3 is 0 Å². The zero-order chi connectivity index (χ0) is 15.8. The molecule has 2 aliphatic carbocycles. The van der Waals surface area contributed by atoms with E-state index in [4.69, 9.17) is 4.74 Å². The number of allylic oxidation sites excluding steroid dienone is 2. The Morgan fingerprint density at radius 3 is 2.26 bits per heavy atom. The highest BCUT2D eigenvalue weighted by Gasteiger charge is 2.41. The van der Waals surface area contributed by atoms with Crippen molar-refractivity contribution in [2.75, 3.05) is 4.90 Å². The lowest BCUT2D eigenvalue weighted by Crippen LogP contribution is -2.36. The maximum Gasteiger partial charge on any atom is 0.178 e. The van der Waals surface area contributed by atoms with Gasteiger partial charge in [0.05, 0.1) is 5.70 Å². The first-order valence-corrected chi connectivity index (χ1v) is 9.48. The first kappa shape index (κ1) is 15.1. The molecule has 3 aliphatic rings. The maximum absolute atomic E-state index is 6.67. The van der Waals surface area contributed by atoms with Crippen LogP contribution in [0.3, 0.4) is 0 Å². The lowest BCUT2D eigenvalue weighted by molar-refractivity contribution is 0.0748. The van der Waals surface area contributed by atoms with E-state index in [9.17, 15) is 0 Å². The van der Waals surface area contributed by atoms with Gasteiger partial charge in [0.15, 0.2) is 6.23 Å². The Kier molecular flexibility index (Phi) is 4.09. The van der Waals surface area contributed by atoms with Crippen LogP contribution in [0, 0.1) is 18.8 Å². The van der Waals surface area contributed by atoms with Gasteiger partial charge in [0.25, 0.3) is 0 Å². The highest BCUT2D eigenvalue weighted by atomic mass is 16.5. The van der Waals surface area contributed by atoms with Crippen LogP contribution < -0.4 is 4.90 Å². The topological polar surface area (TPSA) is 12.5 Å². The monoisotopic (exact) mass is 311 g/mol. The van der Waals surface area contributed by atoms with Gasteiger partial charge in [-0.2, -0.15) is 0 Å². The van der Waals surface area contributed by atoms with Crippen molar-refractivity contribution in [1.82, 2.24) is 0 Å². The summed E-state index contributed by atoms with van der Waals surface area (Å²) in [5, 5.41) is 0. The van der Waals surface area contributed by atoms with Crippen LogP contribution in [0.15, 0.2) is 35.7 Å². The van der Waals surface area contributed by atoms with Crippen molar-refractivity contribution in [3.05, 3.63) is 41.3 Å². The first-order valence-electron chi connectivity index (χ1n) is 9.48. The molecular weight excluding hydrogens is 282 g/mol. The van der Waals surface area contributed by atoms with E-state index in [0.29, 0.717) is 11.8 Å². The van der Waals surface area contributed by atoms with Crippen LogP contribution >= 0.6 is 0 Å². The molecule has 2 saturated carbocycles. The van der Waals surface area contributed by atoms with Crippen LogP contribution in [0.2, 0.25) is 0 Å². The molecular formula is C21H29NO. The van der Waals surface area contributed by atoms with Gasteiger partial charge in [-0.1, -0.05) is 43.9 Å². The van der Waals surface area contributed by atoms with E-state index in [1.54, 1.807) is 0 Å². The number of rotatable bonds is 3. The molecule has 1 aliphatic heterocycles. The molecule has 2 heteroatoms. The molecule has 0 radical (unpaired) electrons. The number of para-hydroxylation sites is 1. The average Bonchev–Trinajstić information content (AvgIpc) is 3.28. The fourth-order valence-electron chi connectivity index (χ4n) is 4.86. The third kappa shape index (κ3) is 2.66. The van der Waals surface area contributed by atoms with Gasteiger partial charge in [0.2, 0.25) is 0 Å². The highest BCUT2D eigenvalue weighted by Crippen LogP contribution is 2.45. The Hall–Kier alpha value is -1.44. The number of anilines is 1. The number of hydrogen-bond acceptors (Lipinski definition) is 2. The molecule has 4 rings (SSSR count). The summed E-state index contributed by atoms with van der Waals surface area (Å²) >= 11 is 0. The Labute approximate surface area is 140 Å². The number of ether oxygens (including phenoxy) is 1. The van der Waals surface area contributed by atoms with Crippen LogP contribution in [0.5, 0.6) is 0 Å². The minimum Gasteiger partial charge on any atom is -0.472 e. The molecule has 0 aromatic heterocycles. The predicted octanol–water partition coefficient (Wildman–Crippen LogP) is 5.77. The van der Waals surface area contributed by atoms with Crippen molar-refractivity contribution in [2.24, 2.45) is 11.8 Å². The molecule has 1 heterocycles. The van der Waals surface area contributed by atoms with E-state index in [2.05, 4.69) is 43.0 Å². The molecule has 1 atom stereocenters. The molecule has 1 aromatic carbocycles. The molecule has 1 unspecified atom stereocenters. The largest absolute Gasteiger partial charge is 0.472 e. The number of aryl methyl sites for hydroxylation is 1. The van der Waals surface area contributed by atoms with Gasteiger partial charge in [-0.25, -0.2) is 0 Å². The Morgan fingerprint density at radius 1 is 0.913 bits per heavy atom. The molecule has 0 spiro atoms. The lowest BCUT2D eigenvalue weighted by atomic mass is 10.0. The molecule has 2 nitrogen and oxygen atoms in total. The molecule has 23 heavy (non-hydrogen) atoms. The van der Waals surface area contributed by atoms with Gasteiger partial charge in [0, 0.05) is 17.5 Å². The van der Waals surface area contributed by atoms with E-state index in [0.717, 1.165) is 0 Å². The Bertz CT molecular complexity index is 594. The quantitative estimate of drug-likeness (QED) is 0.702.